The molecule has 1 fully saturated rings. The maximum Gasteiger partial charge on any atom is 0.0674 e. The summed E-state index contributed by atoms with van der Waals surface area (Å²) in [5.74, 6) is 0.432. The predicted octanol–water partition coefficient (Wildman–Crippen LogP) is 1.45. The van der Waals surface area contributed by atoms with Crippen molar-refractivity contribution in [3.05, 3.63) is 35.9 Å². The third-order valence-electron chi connectivity index (χ3n) is 3.36. The summed E-state index contributed by atoms with van der Waals surface area (Å²) in [7, 11) is 0. The number of hydrogen-bond acceptors (Lipinski definition) is 3. The highest BCUT2D eigenvalue weighted by molar-refractivity contribution is 5.20. The lowest BCUT2D eigenvalue weighted by atomic mass is 9.98. The normalized spacial score (nSPS) is 23.5. The predicted molar refractivity (Wildman–Crippen MR) is 70.1 cm³/mol. The van der Waals surface area contributed by atoms with Crippen molar-refractivity contribution in [1.82, 2.24) is 4.90 Å². The van der Waals surface area contributed by atoms with E-state index in [2.05, 4.69) is 36.1 Å². The monoisotopic (exact) mass is 234 g/mol. The molecule has 0 saturated carbocycles. The highest BCUT2D eigenvalue weighted by Gasteiger charge is 2.20. The number of nitrogens with two attached hydrogens (primary N) is 1. The molecule has 0 spiro atoms. The second-order valence-electron chi connectivity index (χ2n) is 4.78. The maximum atomic E-state index is 5.90. The number of nitrogens with zero attached hydrogens (tertiary/aromatic N) is 1. The van der Waals surface area contributed by atoms with Gasteiger partial charge in [-0.1, -0.05) is 30.3 Å². The van der Waals surface area contributed by atoms with Gasteiger partial charge in [-0.2, -0.15) is 0 Å². The first-order chi connectivity index (χ1) is 8.29. The van der Waals surface area contributed by atoms with Crippen molar-refractivity contribution in [2.24, 2.45) is 5.73 Å². The molecule has 0 bridgehead atoms. The zero-order valence-electron chi connectivity index (χ0n) is 10.5. The summed E-state index contributed by atoms with van der Waals surface area (Å²) < 4.78 is 5.56. The van der Waals surface area contributed by atoms with Gasteiger partial charge in [0.1, 0.15) is 0 Å². The lowest BCUT2D eigenvalue weighted by Crippen LogP contribution is -2.43. The van der Waals surface area contributed by atoms with Crippen LogP contribution in [0.1, 0.15) is 18.4 Å². The second-order valence-corrected chi connectivity index (χ2v) is 4.78. The van der Waals surface area contributed by atoms with Gasteiger partial charge < -0.3 is 10.5 Å². The molecule has 0 radical (unpaired) electrons. The van der Waals surface area contributed by atoms with Gasteiger partial charge >= 0.3 is 0 Å². The lowest BCUT2D eigenvalue weighted by molar-refractivity contribution is -0.0198. The largest absolute Gasteiger partial charge is 0.376 e. The van der Waals surface area contributed by atoms with Crippen molar-refractivity contribution in [3.8, 4) is 0 Å². The molecule has 1 aliphatic rings. The van der Waals surface area contributed by atoms with Crippen molar-refractivity contribution >= 4 is 0 Å². The smallest absolute Gasteiger partial charge is 0.0674 e. The molecular weight excluding hydrogens is 212 g/mol. The van der Waals surface area contributed by atoms with Crippen molar-refractivity contribution in [1.29, 1.82) is 0 Å². The molecule has 2 atom stereocenters. The van der Waals surface area contributed by atoms with Crippen LogP contribution in [0.15, 0.2) is 30.3 Å². The number of benzene rings is 1. The van der Waals surface area contributed by atoms with E-state index in [1.807, 2.05) is 6.07 Å². The zero-order chi connectivity index (χ0) is 12.1. The summed E-state index contributed by atoms with van der Waals surface area (Å²) in [6.07, 6.45) is 0.345. The Morgan fingerprint density at radius 3 is 2.82 bits per heavy atom. The molecule has 1 saturated heterocycles. The fourth-order valence-corrected chi connectivity index (χ4v) is 2.41. The molecule has 3 heteroatoms. The van der Waals surface area contributed by atoms with Crippen LogP contribution in [0.3, 0.4) is 0 Å². The number of ether oxygens (including phenoxy) is 1. The summed E-state index contributed by atoms with van der Waals surface area (Å²) in [6, 6.07) is 10.6. The van der Waals surface area contributed by atoms with Crippen LogP contribution in [0.5, 0.6) is 0 Å². The van der Waals surface area contributed by atoms with Crippen molar-refractivity contribution in [2.45, 2.75) is 18.9 Å². The van der Waals surface area contributed by atoms with Crippen LogP contribution >= 0.6 is 0 Å². The van der Waals surface area contributed by atoms with Crippen molar-refractivity contribution in [3.63, 3.8) is 0 Å². The maximum absolute atomic E-state index is 5.90. The zero-order valence-corrected chi connectivity index (χ0v) is 10.5. The van der Waals surface area contributed by atoms with Gasteiger partial charge in [-0.05, 0) is 12.5 Å². The highest BCUT2D eigenvalue weighted by Crippen LogP contribution is 2.17. The molecule has 1 aromatic rings. The standard InChI is InChI=1S/C14H22N2O/c1-12-10-16(7-8-17-12)11-14(9-15)13-5-3-2-4-6-13/h2-6,12,14H,7-11,15H2,1H3. The summed E-state index contributed by atoms with van der Waals surface area (Å²) in [5.41, 5.74) is 7.24. The van der Waals surface area contributed by atoms with E-state index in [1.165, 1.54) is 5.56 Å². The number of morpholine rings is 1. The highest BCUT2D eigenvalue weighted by atomic mass is 16.5. The molecule has 1 heterocycles. The van der Waals surface area contributed by atoms with Crippen molar-refractivity contribution < 1.29 is 4.74 Å². The number of hydrogen-bond donors (Lipinski definition) is 1. The van der Waals surface area contributed by atoms with Gasteiger partial charge in [0.2, 0.25) is 0 Å². The molecule has 3 nitrogen and oxygen atoms in total. The Morgan fingerprint density at radius 2 is 2.18 bits per heavy atom. The first kappa shape index (κ1) is 12.6. The molecule has 2 rings (SSSR count). The third kappa shape index (κ3) is 3.53. The van der Waals surface area contributed by atoms with Gasteiger partial charge in [-0.15, -0.1) is 0 Å². The van der Waals surface area contributed by atoms with E-state index in [0.717, 1.165) is 26.2 Å². The lowest BCUT2D eigenvalue weighted by Gasteiger charge is -2.33. The molecule has 1 aromatic carbocycles. The van der Waals surface area contributed by atoms with Crippen LogP contribution in [0.25, 0.3) is 0 Å². The van der Waals surface area contributed by atoms with Gasteiger partial charge in [0, 0.05) is 32.1 Å². The van der Waals surface area contributed by atoms with Crippen molar-refractivity contribution in [2.75, 3.05) is 32.8 Å². The van der Waals surface area contributed by atoms with Gasteiger partial charge in [-0.25, -0.2) is 0 Å². The molecule has 2 N–H and O–H groups in total. The number of rotatable bonds is 4. The molecule has 94 valence electrons. The Hall–Kier alpha value is -0.900. The van der Waals surface area contributed by atoms with Gasteiger partial charge in [0.25, 0.3) is 0 Å². The first-order valence-electron chi connectivity index (χ1n) is 6.38. The fourth-order valence-electron chi connectivity index (χ4n) is 2.41. The first-order valence-corrected chi connectivity index (χ1v) is 6.38. The molecule has 17 heavy (non-hydrogen) atoms. The van der Waals surface area contributed by atoms with E-state index in [-0.39, 0.29) is 0 Å². The topological polar surface area (TPSA) is 38.5 Å². The van der Waals surface area contributed by atoms with E-state index < -0.39 is 0 Å². The average molecular weight is 234 g/mol. The van der Waals surface area contributed by atoms with Crippen LogP contribution in [-0.2, 0) is 4.74 Å². The molecule has 0 aromatic heterocycles. The molecule has 0 aliphatic carbocycles. The minimum atomic E-state index is 0.345. The third-order valence-corrected chi connectivity index (χ3v) is 3.36. The minimum Gasteiger partial charge on any atom is -0.376 e. The summed E-state index contributed by atoms with van der Waals surface area (Å²) in [6.45, 7) is 6.75. The van der Waals surface area contributed by atoms with E-state index in [9.17, 15) is 0 Å². The summed E-state index contributed by atoms with van der Waals surface area (Å²) in [4.78, 5) is 2.46. The Morgan fingerprint density at radius 1 is 1.41 bits per heavy atom. The van der Waals surface area contributed by atoms with Gasteiger partial charge in [0.05, 0.1) is 12.7 Å². The van der Waals surface area contributed by atoms with E-state index in [1.54, 1.807) is 0 Å². The molecule has 2 unspecified atom stereocenters. The van der Waals surface area contributed by atoms with Gasteiger partial charge in [0.15, 0.2) is 0 Å². The van der Waals surface area contributed by atoms with Crippen LogP contribution in [-0.4, -0.2) is 43.8 Å². The fraction of sp³-hybridized carbons (Fsp3) is 0.571. The van der Waals surface area contributed by atoms with E-state index >= 15 is 0 Å². The Labute approximate surface area is 104 Å². The second kappa shape index (κ2) is 6.15. The minimum absolute atomic E-state index is 0.345. The molecule has 0 amide bonds. The quantitative estimate of drug-likeness (QED) is 0.857. The Balaban J connectivity index is 1.95. The van der Waals surface area contributed by atoms with Crippen LogP contribution < -0.4 is 5.73 Å². The summed E-state index contributed by atoms with van der Waals surface area (Å²) in [5, 5.41) is 0. The SMILES string of the molecule is CC1CN(CC(CN)c2ccccc2)CCO1. The van der Waals surface area contributed by atoms with Crippen LogP contribution in [0.2, 0.25) is 0 Å². The van der Waals surface area contributed by atoms with Crippen LogP contribution in [0, 0.1) is 0 Å². The summed E-state index contributed by atoms with van der Waals surface area (Å²) >= 11 is 0. The van der Waals surface area contributed by atoms with E-state index in [4.69, 9.17) is 10.5 Å². The Bertz CT molecular complexity index is 328. The average Bonchev–Trinajstić information content (AvgIpc) is 2.37. The van der Waals surface area contributed by atoms with E-state index in [0.29, 0.717) is 18.6 Å². The molecular formula is C14H22N2O. The Kier molecular flexibility index (Phi) is 4.54. The van der Waals surface area contributed by atoms with Gasteiger partial charge in [-0.3, -0.25) is 4.90 Å². The van der Waals surface area contributed by atoms with Crippen LogP contribution in [0.4, 0.5) is 0 Å². The molecule has 1 aliphatic heterocycles.